The summed E-state index contributed by atoms with van der Waals surface area (Å²) in [6.45, 7) is 4.03. The first-order chi connectivity index (χ1) is 11.8. The van der Waals surface area contributed by atoms with Crippen molar-refractivity contribution in [2.75, 3.05) is 41.0 Å². The Morgan fingerprint density at radius 1 is 0.625 bits per heavy atom. The highest BCUT2D eigenvalue weighted by Gasteiger charge is 2.28. The molecule has 1 aliphatic heterocycles. The Labute approximate surface area is 150 Å². The molecule has 0 aromatic carbocycles. The molecule has 0 bridgehead atoms. The standard InChI is InChI=1S/C20H41NO3/c1-22-20(23-2,24-3)16-12-10-8-6-4-5-7-9-11-13-17-21-18-14-15-19-21/h4-19H2,1-3H3. The largest absolute Gasteiger partial charge is 0.331 e. The highest BCUT2D eigenvalue weighted by Crippen LogP contribution is 2.21. The van der Waals surface area contributed by atoms with Gasteiger partial charge < -0.3 is 19.1 Å². The minimum atomic E-state index is -0.838. The number of rotatable bonds is 16. The Balaban J connectivity index is 1.80. The first kappa shape index (κ1) is 21.9. The molecule has 1 saturated heterocycles. The summed E-state index contributed by atoms with van der Waals surface area (Å²) in [5.41, 5.74) is 0. The van der Waals surface area contributed by atoms with Gasteiger partial charge in [-0.3, -0.25) is 0 Å². The van der Waals surface area contributed by atoms with Crippen LogP contribution in [0.3, 0.4) is 0 Å². The van der Waals surface area contributed by atoms with Gasteiger partial charge in [-0.25, -0.2) is 0 Å². The van der Waals surface area contributed by atoms with Crippen molar-refractivity contribution in [3.05, 3.63) is 0 Å². The van der Waals surface area contributed by atoms with Crippen LogP contribution in [0, 0.1) is 0 Å². The monoisotopic (exact) mass is 343 g/mol. The molecule has 4 nitrogen and oxygen atoms in total. The summed E-state index contributed by atoms with van der Waals surface area (Å²) in [6.07, 6.45) is 17.1. The summed E-state index contributed by atoms with van der Waals surface area (Å²) in [6, 6.07) is 0. The smallest absolute Gasteiger partial charge is 0.282 e. The fraction of sp³-hybridized carbons (Fsp3) is 1.00. The normalized spacial score (nSPS) is 16.1. The van der Waals surface area contributed by atoms with Gasteiger partial charge in [0.1, 0.15) is 0 Å². The maximum Gasteiger partial charge on any atom is 0.282 e. The van der Waals surface area contributed by atoms with Crippen molar-refractivity contribution in [1.82, 2.24) is 4.90 Å². The van der Waals surface area contributed by atoms with Crippen molar-refractivity contribution in [3.8, 4) is 0 Å². The van der Waals surface area contributed by atoms with E-state index in [0.717, 1.165) is 12.8 Å². The van der Waals surface area contributed by atoms with Crippen LogP contribution in [0.15, 0.2) is 0 Å². The van der Waals surface area contributed by atoms with Crippen LogP contribution in [-0.2, 0) is 14.2 Å². The third-order valence-electron chi connectivity index (χ3n) is 5.34. The summed E-state index contributed by atoms with van der Waals surface area (Å²) < 4.78 is 15.9. The number of methoxy groups -OCH3 is 3. The number of nitrogens with zero attached hydrogens (tertiary/aromatic N) is 1. The summed E-state index contributed by atoms with van der Waals surface area (Å²) in [4.78, 5) is 2.63. The lowest BCUT2D eigenvalue weighted by Gasteiger charge is -2.28. The highest BCUT2D eigenvalue weighted by atomic mass is 16.9. The highest BCUT2D eigenvalue weighted by molar-refractivity contribution is 4.65. The third kappa shape index (κ3) is 9.36. The Kier molecular flexibility index (Phi) is 12.8. The quantitative estimate of drug-likeness (QED) is 0.292. The van der Waals surface area contributed by atoms with E-state index in [1.807, 2.05) is 0 Å². The third-order valence-corrected chi connectivity index (χ3v) is 5.34. The molecule has 0 radical (unpaired) electrons. The molecular formula is C20H41NO3. The van der Waals surface area contributed by atoms with E-state index >= 15 is 0 Å². The lowest BCUT2D eigenvalue weighted by Crippen LogP contribution is -2.35. The van der Waals surface area contributed by atoms with E-state index in [4.69, 9.17) is 14.2 Å². The van der Waals surface area contributed by atoms with Crippen LogP contribution < -0.4 is 0 Å². The van der Waals surface area contributed by atoms with Crippen molar-refractivity contribution in [1.29, 1.82) is 0 Å². The molecule has 0 aliphatic carbocycles. The molecule has 144 valence electrons. The fourth-order valence-electron chi connectivity index (χ4n) is 3.65. The van der Waals surface area contributed by atoms with E-state index in [9.17, 15) is 0 Å². The molecule has 1 fully saturated rings. The number of hydrogen-bond donors (Lipinski definition) is 0. The fourth-order valence-corrected chi connectivity index (χ4v) is 3.65. The number of unbranched alkanes of at least 4 members (excludes halogenated alkanes) is 9. The van der Waals surface area contributed by atoms with Crippen molar-refractivity contribution in [2.24, 2.45) is 0 Å². The molecule has 0 aromatic rings. The van der Waals surface area contributed by atoms with Gasteiger partial charge in [0.2, 0.25) is 0 Å². The zero-order chi connectivity index (χ0) is 17.5. The number of hydrogen-bond acceptors (Lipinski definition) is 4. The SMILES string of the molecule is COC(CCCCCCCCCCCCN1CCCC1)(OC)OC. The molecule has 24 heavy (non-hydrogen) atoms. The first-order valence-corrected chi connectivity index (χ1v) is 10.1. The Bertz CT molecular complexity index is 268. The van der Waals surface area contributed by atoms with E-state index in [-0.39, 0.29) is 0 Å². The molecule has 0 unspecified atom stereocenters. The number of ether oxygens (including phenoxy) is 3. The van der Waals surface area contributed by atoms with Crippen LogP contribution in [0.25, 0.3) is 0 Å². The van der Waals surface area contributed by atoms with Crippen LogP contribution in [0.2, 0.25) is 0 Å². The topological polar surface area (TPSA) is 30.9 Å². The van der Waals surface area contributed by atoms with Crippen LogP contribution >= 0.6 is 0 Å². The summed E-state index contributed by atoms with van der Waals surface area (Å²) in [5.74, 6) is -0.838. The zero-order valence-electron chi connectivity index (χ0n) is 16.5. The minimum absolute atomic E-state index is 0.799. The van der Waals surface area contributed by atoms with E-state index in [2.05, 4.69) is 4.90 Å². The maximum atomic E-state index is 5.31. The molecule has 1 rings (SSSR count). The predicted molar refractivity (Wildman–Crippen MR) is 100 cm³/mol. The molecule has 4 heteroatoms. The van der Waals surface area contributed by atoms with E-state index in [0.29, 0.717) is 0 Å². The van der Waals surface area contributed by atoms with Crippen LogP contribution in [0.4, 0.5) is 0 Å². The van der Waals surface area contributed by atoms with E-state index in [1.165, 1.54) is 90.3 Å². The molecule has 0 N–H and O–H groups in total. The van der Waals surface area contributed by atoms with Gasteiger partial charge >= 0.3 is 0 Å². The predicted octanol–water partition coefficient (Wildman–Crippen LogP) is 4.97. The molecule has 0 aromatic heterocycles. The molecule has 0 saturated carbocycles. The van der Waals surface area contributed by atoms with Crippen LogP contribution in [0.1, 0.15) is 83.5 Å². The maximum absolute atomic E-state index is 5.31. The summed E-state index contributed by atoms with van der Waals surface area (Å²) >= 11 is 0. The lowest BCUT2D eigenvalue weighted by molar-refractivity contribution is -0.355. The first-order valence-electron chi connectivity index (χ1n) is 10.1. The molecular weight excluding hydrogens is 302 g/mol. The lowest BCUT2D eigenvalue weighted by atomic mass is 10.1. The second-order valence-corrected chi connectivity index (χ2v) is 7.13. The summed E-state index contributed by atoms with van der Waals surface area (Å²) in [7, 11) is 4.91. The van der Waals surface area contributed by atoms with Gasteiger partial charge in [-0.1, -0.05) is 51.4 Å². The van der Waals surface area contributed by atoms with Gasteiger partial charge in [0.05, 0.1) is 0 Å². The summed E-state index contributed by atoms with van der Waals surface area (Å²) in [5, 5.41) is 0. The Morgan fingerprint density at radius 2 is 1.04 bits per heavy atom. The Morgan fingerprint density at radius 3 is 1.50 bits per heavy atom. The molecule has 1 heterocycles. The average molecular weight is 344 g/mol. The Hall–Kier alpha value is -0.160. The second-order valence-electron chi connectivity index (χ2n) is 7.13. The van der Waals surface area contributed by atoms with Crippen LogP contribution in [-0.4, -0.2) is 51.8 Å². The second kappa shape index (κ2) is 14.1. The van der Waals surface area contributed by atoms with Gasteiger partial charge in [-0.15, -0.1) is 0 Å². The van der Waals surface area contributed by atoms with Gasteiger partial charge in [-0.05, 0) is 45.3 Å². The van der Waals surface area contributed by atoms with Gasteiger partial charge in [0.25, 0.3) is 5.97 Å². The molecule has 0 spiro atoms. The molecule has 0 amide bonds. The van der Waals surface area contributed by atoms with Crippen molar-refractivity contribution >= 4 is 0 Å². The zero-order valence-corrected chi connectivity index (χ0v) is 16.5. The van der Waals surface area contributed by atoms with Crippen LogP contribution in [0.5, 0.6) is 0 Å². The minimum Gasteiger partial charge on any atom is -0.331 e. The van der Waals surface area contributed by atoms with Gasteiger partial charge in [-0.2, -0.15) is 0 Å². The average Bonchev–Trinajstić information content (AvgIpc) is 3.13. The van der Waals surface area contributed by atoms with Gasteiger partial charge in [0, 0.05) is 27.8 Å². The molecule has 1 aliphatic rings. The number of likely N-dealkylation sites (tertiary alicyclic amines) is 1. The van der Waals surface area contributed by atoms with Gasteiger partial charge in [0.15, 0.2) is 0 Å². The van der Waals surface area contributed by atoms with E-state index < -0.39 is 5.97 Å². The van der Waals surface area contributed by atoms with E-state index in [1.54, 1.807) is 21.3 Å². The van der Waals surface area contributed by atoms with Crippen molar-refractivity contribution in [2.45, 2.75) is 89.4 Å². The molecule has 0 atom stereocenters. The van der Waals surface area contributed by atoms with Crippen molar-refractivity contribution in [3.63, 3.8) is 0 Å². The van der Waals surface area contributed by atoms with Crippen molar-refractivity contribution < 1.29 is 14.2 Å².